The van der Waals surface area contributed by atoms with Crippen molar-refractivity contribution in [1.82, 2.24) is 0 Å². The Morgan fingerprint density at radius 1 is 0.450 bits per heavy atom. The predicted molar refractivity (Wildman–Crippen MR) is 84.6 cm³/mol. The molecule has 20 heavy (non-hydrogen) atoms. The van der Waals surface area contributed by atoms with Crippen LogP contribution in [0.1, 0.15) is 0 Å². The molecule has 0 aliphatic carbocycles. The third kappa shape index (κ3) is 1670. The molecule has 20 heteroatoms. The molecular formula is H33Al2KO16S. The molecule has 0 aromatic carbocycles. The first kappa shape index (κ1) is 265. The van der Waals surface area contributed by atoms with Crippen LogP contribution >= 0.6 is 0 Å². The molecule has 26 N–H and O–H groups in total. The first-order chi connectivity index (χ1) is 2.00. The Bertz CT molecular complexity index is 104. The second-order valence-corrected chi connectivity index (χ2v) is 1.34. The van der Waals surface area contributed by atoms with Crippen LogP contribution < -0.4 is 0 Å². The summed E-state index contributed by atoms with van der Waals surface area (Å²) in [4.78, 5) is 0. The van der Waals surface area contributed by atoms with Crippen molar-refractivity contribution < 1.29 is 83.2 Å². The molecule has 0 saturated heterocycles. The Kier molecular flexibility index (Phi) is 1720. The van der Waals surface area contributed by atoms with Crippen molar-refractivity contribution in [3.05, 3.63) is 0 Å². The molecule has 0 aliphatic rings. The van der Waals surface area contributed by atoms with Crippen LogP contribution in [0.15, 0.2) is 0 Å². The Labute approximate surface area is 177 Å². The van der Waals surface area contributed by atoms with Crippen molar-refractivity contribution in [3.63, 3.8) is 0 Å². The van der Waals surface area contributed by atoms with Crippen LogP contribution in [0.25, 0.3) is 0 Å². The van der Waals surface area contributed by atoms with Crippen molar-refractivity contribution in [2.24, 2.45) is 0 Å². The van der Waals surface area contributed by atoms with Crippen LogP contribution in [-0.4, -0.2) is 169 Å². The summed E-state index contributed by atoms with van der Waals surface area (Å²) in [5, 5.41) is 0. The maximum atomic E-state index is 8.74. The van der Waals surface area contributed by atoms with Gasteiger partial charge in [-0.3, -0.25) is 9.11 Å². The quantitative estimate of drug-likeness (QED) is 0.287. The topological polar surface area (TPSA) is 453 Å². The second kappa shape index (κ2) is 130. The van der Waals surface area contributed by atoms with Crippen molar-refractivity contribution in [2.75, 3.05) is 0 Å². The van der Waals surface area contributed by atoms with E-state index in [1.807, 2.05) is 0 Å². The van der Waals surface area contributed by atoms with E-state index in [0.717, 1.165) is 0 Å². The average molecular weight is 414 g/mol. The zero-order valence-corrected chi connectivity index (χ0v) is 8.94. The minimum absolute atomic E-state index is 0. The third-order valence-electron chi connectivity index (χ3n) is 0. The van der Waals surface area contributed by atoms with Gasteiger partial charge in [-0.15, -0.1) is 0 Å². The van der Waals surface area contributed by atoms with Crippen LogP contribution in [0.4, 0.5) is 0 Å². The number of rotatable bonds is 0. The summed E-state index contributed by atoms with van der Waals surface area (Å²) in [5.74, 6) is 0. The first-order valence-corrected chi connectivity index (χ1v) is 2.10. The zero-order chi connectivity index (χ0) is 4.50. The van der Waals surface area contributed by atoms with Gasteiger partial charge in [0.1, 0.15) is 0 Å². The summed E-state index contributed by atoms with van der Waals surface area (Å²) in [6, 6.07) is 0. The molecule has 0 fully saturated rings. The van der Waals surface area contributed by atoms with Gasteiger partial charge in [-0.25, -0.2) is 0 Å². The average Bonchev–Trinajstić information content (AvgIpc) is 0.722. The van der Waals surface area contributed by atoms with Crippen LogP contribution in [0, 0.1) is 0 Å². The molecule has 0 radical (unpaired) electrons. The molecule has 0 spiro atoms. The van der Waals surface area contributed by atoms with Crippen LogP contribution in [0.2, 0.25) is 0 Å². The Morgan fingerprint density at radius 3 is 0.450 bits per heavy atom. The van der Waals surface area contributed by atoms with Gasteiger partial charge in [0.05, 0.1) is 0 Å². The fourth-order valence-corrected chi connectivity index (χ4v) is 0. The third-order valence-corrected chi connectivity index (χ3v) is 0. The SMILES string of the molecule is O.O.O.O.O.O.O.O.O.O.O.O.O=S(=O)(O)O.[AlH3].[AlH3].[KH]. The molecule has 0 heterocycles. The van der Waals surface area contributed by atoms with Crippen molar-refractivity contribution in [3.8, 4) is 0 Å². The fraction of sp³-hybridized carbons (Fsp3) is 0. The first-order valence-electron chi connectivity index (χ1n) is 0.698. The molecule has 0 bridgehead atoms. The van der Waals surface area contributed by atoms with Gasteiger partial charge in [0, 0.05) is 0 Å². The van der Waals surface area contributed by atoms with Gasteiger partial charge in [-0.05, 0) is 0 Å². The molecule has 0 atom stereocenters. The number of hydrogen-bond donors (Lipinski definition) is 2. The van der Waals surface area contributed by atoms with Gasteiger partial charge in [0.2, 0.25) is 0 Å². The zero-order valence-electron chi connectivity index (χ0n) is 8.12. The van der Waals surface area contributed by atoms with Crippen LogP contribution in [-0.2, 0) is 10.4 Å². The van der Waals surface area contributed by atoms with Gasteiger partial charge in [-0.1, -0.05) is 0 Å². The van der Waals surface area contributed by atoms with E-state index in [0.29, 0.717) is 0 Å². The normalized spacial score (nSPS) is 2.90. The van der Waals surface area contributed by atoms with Gasteiger partial charge in [0.25, 0.3) is 0 Å². The van der Waals surface area contributed by atoms with E-state index >= 15 is 0 Å². The van der Waals surface area contributed by atoms with E-state index in [1.165, 1.54) is 0 Å². The maximum absolute atomic E-state index is 8.74. The van der Waals surface area contributed by atoms with E-state index in [-0.39, 0.29) is 152 Å². The Morgan fingerprint density at radius 2 is 0.450 bits per heavy atom. The summed E-state index contributed by atoms with van der Waals surface area (Å²) in [6.07, 6.45) is 0. The Hall–Kier alpha value is 2.09. The van der Waals surface area contributed by atoms with Gasteiger partial charge in [0.15, 0.2) is 34.7 Å². The van der Waals surface area contributed by atoms with Crippen LogP contribution in [0.5, 0.6) is 0 Å². The molecule has 0 aliphatic heterocycles. The van der Waals surface area contributed by atoms with Gasteiger partial charge >= 0.3 is 61.8 Å². The molecule has 0 rings (SSSR count). The summed E-state index contributed by atoms with van der Waals surface area (Å²) >= 11 is 0. The molecule has 0 saturated carbocycles. The Balaban J connectivity index is -0.000000000762. The van der Waals surface area contributed by atoms with E-state index in [9.17, 15) is 0 Å². The molecule has 0 amide bonds. The molecule has 0 unspecified atom stereocenters. The van der Waals surface area contributed by atoms with Crippen molar-refractivity contribution in [1.29, 1.82) is 0 Å². The number of hydrogen-bond acceptors (Lipinski definition) is 2. The summed E-state index contributed by atoms with van der Waals surface area (Å²) in [6.45, 7) is 0. The van der Waals surface area contributed by atoms with Crippen molar-refractivity contribution >= 4 is 96.5 Å². The predicted octanol–water partition coefficient (Wildman–Crippen LogP) is -13.6. The van der Waals surface area contributed by atoms with E-state index in [4.69, 9.17) is 17.5 Å². The van der Waals surface area contributed by atoms with E-state index < -0.39 is 10.4 Å². The molecule has 16 nitrogen and oxygen atoms in total. The molecule has 142 valence electrons. The minimum atomic E-state index is -4.67. The molecule has 0 aromatic rings. The second-order valence-electron chi connectivity index (χ2n) is 0.448. The van der Waals surface area contributed by atoms with E-state index in [2.05, 4.69) is 0 Å². The summed E-state index contributed by atoms with van der Waals surface area (Å²) in [7, 11) is -4.67. The van der Waals surface area contributed by atoms with Crippen LogP contribution in [0.3, 0.4) is 0 Å². The summed E-state index contributed by atoms with van der Waals surface area (Å²) in [5.41, 5.74) is 0. The fourth-order valence-electron chi connectivity index (χ4n) is 0. The van der Waals surface area contributed by atoms with Gasteiger partial charge in [-0.2, -0.15) is 8.42 Å². The van der Waals surface area contributed by atoms with E-state index in [1.54, 1.807) is 0 Å². The standard InChI is InChI=1S/2Al.K.H2O4S.12H2O.7H/c;;;1-5(2,3)4;;;;;;;;;;;;;;;;;;;/h;;;(H2,1,2,3,4);12*1H2;;;;;;;. The monoisotopic (exact) mass is 414 g/mol. The van der Waals surface area contributed by atoms with Crippen molar-refractivity contribution in [2.45, 2.75) is 0 Å². The summed E-state index contributed by atoms with van der Waals surface area (Å²) < 4.78 is 31.6. The molecule has 0 aromatic heterocycles. The van der Waals surface area contributed by atoms with Gasteiger partial charge < -0.3 is 65.7 Å². The molecular weight excluding hydrogens is 381 g/mol.